The molecule has 0 aliphatic heterocycles. The number of aryl methyl sites for hydroxylation is 3. The fraction of sp³-hybridized carbons (Fsp3) is 0.600. The van der Waals surface area contributed by atoms with Gasteiger partial charge in [-0.05, 0) is 72.6 Å². The Labute approximate surface area is 179 Å². The minimum absolute atomic E-state index is 0.727. The van der Waals surface area contributed by atoms with Crippen molar-refractivity contribution in [3.63, 3.8) is 0 Å². The molecule has 2 rings (SSSR count). The third-order valence-corrected chi connectivity index (χ3v) is 5.34. The van der Waals surface area contributed by atoms with Crippen LogP contribution in [0.1, 0.15) is 35.2 Å². The molecule has 0 aromatic carbocycles. The summed E-state index contributed by atoms with van der Waals surface area (Å²) in [6, 6.07) is 4.04. The lowest BCUT2D eigenvalue weighted by atomic mass is 10.3. The molecule has 28 heavy (non-hydrogen) atoms. The van der Waals surface area contributed by atoms with Gasteiger partial charge in [0.2, 0.25) is 0 Å². The van der Waals surface area contributed by atoms with Crippen LogP contribution in [0.15, 0.2) is 16.5 Å². The number of thiocarbonyl (C=S) groups is 1. The van der Waals surface area contributed by atoms with E-state index in [-0.39, 0.29) is 0 Å². The maximum Gasteiger partial charge on any atom is 0.166 e. The molecule has 0 saturated carbocycles. The molecule has 0 atom stereocenters. The molecule has 8 heteroatoms. The van der Waals surface area contributed by atoms with Crippen molar-refractivity contribution in [1.29, 1.82) is 0 Å². The molecule has 2 heterocycles. The zero-order valence-electron chi connectivity index (χ0n) is 18.0. The number of hydrogen-bond donors (Lipinski definition) is 3. The molecule has 0 aliphatic rings. The van der Waals surface area contributed by atoms with Crippen LogP contribution >= 0.6 is 24.0 Å². The Kier molecular flexibility index (Phi) is 11.9. The molecule has 2 aromatic heterocycles. The van der Waals surface area contributed by atoms with Crippen LogP contribution < -0.4 is 16.0 Å². The first-order valence-corrected chi connectivity index (χ1v) is 11.2. The quantitative estimate of drug-likeness (QED) is 0.421. The Hall–Kier alpha value is -1.51. The lowest BCUT2D eigenvalue weighted by molar-refractivity contribution is 0.501. The molecule has 0 aliphatic carbocycles. The maximum atomic E-state index is 5.55. The zero-order valence-corrected chi connectivity index (χ0v) is 19.6. The highest BCUT2D eigenvalue weighted by Gasteiger charge is 2.06. The van der Waals surface area contributed by atoms with Crippen LogP contribution in [0, 0.1) is 27.7 Å². The van der Waals surface area contributed by atoms with Gasteiger partial charge in [-0.2, -0.15) is 11.8 Å². The van der Waals surface area contributed by atoms with E-state index in [1.807, 2.05) is 44.9 Å². The number of rotatable bonds is 9. The highest BCUT2D eigenvalue weighted by molar-refractivity contribution is 7.98. The van der Waals surface area contributed by atoms with Gasteiger partial charge in [-0.1, -0.05) is 0 Å². The topological polar surface area (TPSA) is 67.0 Å². The average Bonchev–Trinajstić information content (AvgIpc) is 3.16. The number of nitrogens with one attached hydrogen (secondary N) is 3. The van der Waals surface area contributed by atoms with Crippen molar-refractivity contribution < 1.29 is 4.42 Å². The molecule has 6 nitrogen and oxygen atoms in total. The largest absolute Gasteiger partial charge is 0.466 e. The molecule has 0 saturated heterocycles. The van der Waals surface area contributed by atoms with Crippen molar-refractivity contribution in [1.82, 2.24) is 25.5 Å². The summed E-state index contributed by atoms with van der Waals surface area (Å²) in [7, 11) is 3.75. The highest BCUT2D eigenvalue weighted by Crippen LogP contribution is 2.14. The van der Waals surface area contributed by atoms with Crippen LogP contribution in [-0.2, 0) is 12.3 Å². The lowest BCUT2D eigenvalue weighted by Crippen LogP contribution is -2.37. The molecule has 0 fully saturated rings. The van der Waals surface area contributed by atoms with E-state index in [1.165, 1.54) is 5.69 Å². The van der Waals surface area contributed by atoms with E-state index in [0.29, 0.717) is 0 Å². The van der Waals surface area contributed by atoms with Crippen LogP contribution in [-0.4, -0.2) is 47.6 Å². The highest BCUT2D eigenvalue weighted by atomic mass is 32.2. The second-order valence-corrected chi connectivity index (χ2v) is 8.10. The minimum atomic E-state index is 0.727. The first-order valence-electron chi connectivity index (χ1n) is 9.62. The van der Waals surface area contributed by atoms with Crippen molar-refractivity contribution in [3.8, 4) is 0 Å². The molecule has 0 unspecified atom stereocenters. The van der Waals surface area contributed by atoms with E-state index in [1.54, 1.807) is 0 Å². The Morgan fingerprint density at radius 3 is 2.39 bits per heavy atom. The van der Waals surface area contributed by atoms with Gasteiger partial charge in [-0.15, -0.1) is 0 Å². The summed E-state index contributed by atoms with van der Waals surface area (Å²) in [5.41, 5.74) is 2.37. The number of furan rings is 1. The van der Waals surface area contributed by atoms with E-state index in [4.69, 9.17) is 16.6 Å². The molecule has 0 bridgehead atoms. The predicted octanol–water partition coefficient (Wildman–Crippen LogP) is 3.33. The summed E-state index contributed by atoms with van der Waals surface area (Å²) < 4.78 is 7.81. The van der Waals surface area contributed by atoms with E-state index in [9.17, 15) is 0 Å². The number of hydrogen-bond acceptors (Lipinski definition) is 5. The molecule has 2 aromatic rings. The molecular formula is C20H35N5OS2. The van der Waals surface area contributed by atoms with Gasteiger partial charge in [0.25, 0.3) is 0 Å². The van der Waals surface area contributed by atoms with Gasteiger partial charge in [0.1, 0.15) is 17.3 Å². The summed E-state index contributed by atoms with van der Waals surface area (Å²) in [5, 5.41) is 10.00. The molecule has 158 valence electrons. The van der Waals surface area contributed by atoms with E-state index in [0.717, 1.165) is 65.7 Å². The van der Waals surface area contributed by atoms with Gasteiger partial charge in [0, 0.05) is 31.1 Å². The van der Waals surface area contributed by atoms with Crippen molar-refractivity contribution in [2.75, 3.05) is 32.9 Å². The van der Waals surface area contributed by atoms with Gasteiger partial charge in [0.15, 0.2) is 5.11 Å². The molecule has 0 amide bonds. The summed E-state index contributed by atoms with van der Waals surface area (Å²) in [6.07, 6.45) is 1.02. The van der Waals surface area contributed by atoms with E-state index < -0.39 is 0 Å². The minimum Gasteiger partial charge on any atom is -0.466 e. The van der Waals surface area contributed by atoms with Crippen molar-refractivity contribution in [2.45, 2.75) is 46.4 Å². The summed E-state index contributed by atoms with van der Waals surface area (Å²) in [6.45, 7) is 10.9. The van der Waals surface area contributed by atoms with Crippen molar-refractivity contribution >= 4 is 29.1 Å². The predicted molar refractivity (Wildman–Crippen MR) is 124 cm³/mol. The molecule has 0 spiro atoms. The number of thioether (sulfide) groups is 1. The number of nitrogens with zero attached hydrogens (tertiary/aromatic N) is 2. The Bertz CT molecular complexity index is 712. The average molecular weight is 426 g/mol. The first-order chi connectivity index (χ1) is 13.4. The second-order valence-electron chi connectivity index (χ2n) is 6.58. The van der Waals surface area contributed by atoms with Gasteiger partial charge >= 0.3 is 0 Å². The van der Waals surface area contributed by atoms with Gasteiger partial charge in [-0.3, -0.25) is 0 Å². The van der Waals surface area contributed by atoms with Crippen LogP contribution in [0.4, 0.5) is 0 Å². The van der Waals surface area contributed by atoms with Gasteiger partial charge < -0.3 is 24.9 Å². The zero-order chi connectivity index (χ0) is 20.9. The lowest BCUT2D eigenvalue weighted by Gasteiger charge is -2.11. The molecular weight excluding hydrogens is 390 g/mol. The molecule has 0 radical (unpaired) electrons. The normalized spacial score (nSPS) is 10.4. The van der Waals surface area contributed by atoms with E-state index >= 15 is 0 Å². The van der Waals surface area contributed by atoms with Crippen LogP contribution in [0.3, 0.4) is 0 Å². The standard InChI is InChI=1S/C18H28N4OS2.C2H7N/c1-13-6-7-17(23-13)12-25-11-9-20-18(24)19-8-5-10-22-15(3)14(2)21-16(22)4;1-3-2/h6-7H,5,8-12H2,1-4H3,(H2,19,20,24);3H,1-2H3. The smallest absolute Gasteiger partial charge is 0.166 e. The molecule has 3 N–H and O–H groups in total. The number of imidazole rings is 1. The third-order valence-electron chi connectivity index (χ3n) is 4.06. The fourth-order valence-corrected chi connectivity index (χ4v) is 3.58. The van der Waals surface area contributed by atoms with Crippen LogP contribution in [0.5, 0.6) is 0 Å². The van der Waals surface area contributed by atoms with Gasteiger partial charge in [0.05, 0.1) is 11.4 Å². The van der Waals surface area contributed by atoms with Crippen LogP contribution in [0.25, 0.3) is 0 Å². The van der Waals surface area contributed by atoms with E-state index in [2.05, 4.69) is 46.3 Å². The van der Waals surface area contributed by atoms with Crippen molar-refractivity contribution in [2.24, 2.45) is 0 Å². The Morgan fingerprint density at radius 1 is 1.14 bits per heavy atom. The van der Waals surface area contributed by atoms with Crippen molar-refractivity contribution in [3.05, 3.63) is 40.9 Å². The summed E-state index contributed by atoms with van der Waals surface area (Å²) in [4.78, 5) is 4.50. The first kappa shape index (κ1) is 24.5. The SMILES string of the molecule is CNC.Cc1ccc(CSCCNC(=S)NCCCn2c(C)nc(C)c2C)o1. The fourth-order valence-electron chi connectivity index (χ4n) is 2.63. The monoisotopic (exact) mass is 425 g/mol. The Morgan fingerprint density at radius 2 is 1.82 bits per heavy atom. The Balaban J connectivity index is 0.00000122. The summed E-state index contributed by atoms with van der Waals surface area (Å²) >= 11 is 7.16. The maximum absolute atomic E-state index is 5.55. The summed E-state index contributed by atoms with van der Waals surface area (Å²) in [5.74, 6) is 4.98. The second kappa shape index (κ2) is 13.6. The van der Waals surface area contributed by atoms with Gasteiger partial charge in [-0.25, -0.2) is 4.98 Å². The van der Waals surface area contributed by atoms with Crippen LogP contribution in [0.2, 0.25) is 0 Å². The third kappa shape index (κ3) is 9.12. The number of aromatic nitrogens is 2.